The van der Waals surface area contributed by atoms with E-state index in [4.69, 9.17) is 19.9 Å². The first-order valence-electron chi connectivity index (χ1n) is 12.6. The van der Waals surface area contributed by atoms with Crippen molar-refractivity contribution < 1.29 is 14.3 Å². The van der Waals surface area contributed by atoms with Gasteiger partial charge < -0.3 is 19.4 Å². The summed E-state index contributed by atoms with van der Waals surface area (Å²) >= 11 is 0. The molecule has 0 aliphatic carbocycles. The van der Waals surface area contributed by atoms with Crippen LogP contribution in [0, 0.1) is 5.41 Å². The van der Waals surface area contributed by atoms with Crippen molar-refractivity contribution in [1.82, 2.24) is 19.3 Å². The number of pyridine rings is 2. The van der Waals surface area contributed by atoms with Gasteiger partial charge in [-0.05, 0) is 54.8 Å². The lowest BCUT2D eigenvalue weighted by Crippen LogP contribution is -2.36. The molecule has 5 rings (SSSR count). The van der Waals surface area contributed by atoms with Crippen molar-refractivity contribution in [2.24, 2.45) is 0 Å². The first-order chi connectivity index (χ1) is 18.9. The van der Waals surface area contributed by atoms with Gasteiger partial charge in [-0.15, -0.1) is 0 Å². The molecule has 9 nitrogen and oxygen atoms in total. The number of hydrogen-bond donors (Lipinski definition) is 2. The lowest BCUT2D eigenvalue weighted by Gasteiger charge is -2.17. The summed E-state index contributed by atoms with van der Waals surface area (Å²) in [6.07, 6.45) is 2.15. The van der Waals surface area contributed by atoms with Crippen molar-refractivity contribution in [3.05, 3.63) is 112 Å². The molecule has 39 heavy (non-hydrogen) atoms. The van der Waals surface area contributed by atoms with Gasteiger partial charge >= 0.3 is 0 Å². The predicted molar refractivity (Wildman–Crippen MR) is 148 cm³/mol. The number of carbonyl (C=O) groups excluding carboxylic acids is 1. The molecule has 0 fully saturated rings. The highest BCUT2D eigenvalue weighted by molar-refractivity contribution is 5.97. The monoisotopic (exact) mass is 523 g/mol. The molecule has 3 heterocycles. The summed E-state index contributed by atoms with van der Waals surface area (Å²) in [4.78, 5) is 31.6. The fourth-order valence-electron chi connectivity index (χ4n) is 4.65. The Morgan fingerprint density at radius 1 is 1.00 bits per heavy atom. The van der Waals surface area contributed by atoms with Gasteiger partial charge in [-0.1, -0.05) is 42.5 Å². The van der Waals surface area contributed by atoms with E-state index in [1.807, 2.05) is 55.5 Å². The summed E-state index contributed by atoms with van der Waals surface area (Å²) in [7, 11) is 3.16. The molecular weight excluding hydrogens is 494 g/mol. The molecule has 0 saturated heterocycles. The highest BCUT2D eigenvalue weighted by Gasteiger charge is 2.19. The number of fused-ring (bicyclic) bond motifs is 2. The lowest BCUT2D eigenvalue weighted by molar-refractivity contribution is 0.0937. The van der Waals surface area contributed by atoms with Gasteiger partial charge in [-0.25, -0.2) is 4.98 Å². The van der Waals surface area contributed by atoms with Crippen LogP contribution in [0.15, 0.2) is 83.8 Å². The molecule has 1 atom stereocenters. The van der Waals surface area contributed by atoms with Crippen LogP contribution < -0.4 is 25.8 Å². The van der Waals surface area contributed by atoms with Crippen molar-refractivity contribution in [2.45, 2.75) is 25.9 Å². The van der Waals surface area contributed by atoms with Crippen LogP contribution in [0.2, 0.25) is 0 Å². The first-order valence-corrected chi connectivity index (χ1v) is 12.6. The Morgan fingerprint density at radius 2 is 1.74 bits per heavy atom. The number of nitrogens with zero attached hydrogens (tertiary/aromatic N) is 3. The number of amides is 1. The minimum absolute atomic E-state index is 0.0204. The average Bonchev–Trinajstić information content (AvgIpc) is 2.97. The predicted octanol–water partition coefficient (Wildman–Crippen LogP) is 3.88. The summed E-state index contributed by atoms with van der Waals surface area (Å²) in [6, 6.07) is 21.7. The quantitative estimate of drug-likeness (QED) is 0.300. The van der Waals surface area contributed by atoms with E-state index in [0.717, 1.165) is 11.1 Å². The van der Waals surface area contributed by atoms with E-state index in [9.17, 15) is 9.59 Å². The van der Waals surface area contributed by atoms with Crippen LogP contribution >= 0.6 is 0 Å². The second kappa shape index (κ2) is 10.8. The van der Waals surface area contributed by atoms with Crippen LogP contribution in [0.5, 0.6) is 11.5 Å². The maximum Gasteiger partial charge on any atom is 0.267 e. The van der Waals surface area contributed by atoms with Gasteiger partial charge in [0.25, 0.3) is 11.5 Å². The van der Waals surface area contributed by atoms with E-state index in [2.05, 4.69) is 5.32 Å². The van der Waals surface area contributed by atoms with Crippen LogP contribution in [-0.2, 0) is 13.0 Å². The van der Waals surface area contributed by atoms with Crippen molar-refractivity contribution in [3.8, 4) is 11.5 Å². The fourth-order valence-corrected chi connectivity index (χ4v) is 4.65. The second-order valence-corrected chi connectivity index (χ2v) is 9.19. The number of nitrogens with one attached hydrogen (secondary N) is 2. The van der Waals surface area contributed by atoms with Crippen LogP contribution in [0.4, 0.5) is 0 Å². The molecule has 2 N–H and O–H groups in total. The SMILES string of the molecule is COc1ccc(CCn2c(=N)c(C(=O)NC(C)c3ccccc3)cc3c(=O)n4ccccc4nc32)cc1OC. The Labute approximate surface area is 224 Å². The van der Waals surface area contributed by atoms with Gasteiger partial charge in [-0.3, -0.25) is 19.4 Å². The smallest absolute Gasteiger partial charge is 0.267 e. The Morgan fingerprint density at radius 3 is 2.49 bits per heavy atom. The zero-order chi connectivity index (χ0) is 27.5. The van der Waals surface area contributed by atoms with Gasteiger partial charge in [0.1, 0.15) is 16.8 Å². The van der Waals surface area contributed by atoms with Gasteiger partial charge in [-0.2, -0.15) is 0 Å². The van der Waals surface area contributed by atoms with E-state index in [1.165, 1.54) is 10.5 Å². The van der Waals surface area contributed by atoms with Crippen LogP contribution in [0.1, 0.15) is 34.5 Å². The summed E-state index contributed by atoms with van der Waals surface area (Å²) in [6.45, 7) is 2.20. The van der Waals surface area contributed by atoms with Gasteiger partial charge in [0.2, 0.25) is 0 Å². The molecule has 0 aliphatic heterocycles. The highest BCUT2D eigenvalue weighted by Crippen LogP contribution is 2.28. The third-order valence-electron chi connectivity index (χ3n) is 6.78. The van der Waals surface area contributed by atoms with E-state index in [1.54, 1.807) is 43.2 Å². The maximum absolute atomic E-state index is 13.5. The van der Waals surface area contributed by atoms with E-state index in [-0.39, 0.29) is 28.0 Å². The molecule has 1 amide bonds. The van der Waals surface area contributed by atoms with Crippen LogP contribution in [0.25, 0.3) is 16.7 Å². The summed E-state index contributed by atoms with van der Waals surface area (Å²) in [5.41, 5.74) is 2.47. The van der Waals surface area contributed by atoms with Gasteiger partial charge in [0, 0.05) is 12.7 Å². The number of aryl methyl sites for hydroxylation is 2. The van der Waals surface area contributed by atoms with Gasteiger partial charge in [0.05, 0.1) is 31.2 Å². The number of rotatable bonds is 8. The lowest BCUT2D eigenvalue weighted by atomic mass is 10.1. The molecule has 0 bridgehead atoms. The number of benzene rings is 2. The molecular formula is C30H29N5O4. The first kappa shape index (κ1) is 25.7. The third kappa shape index (κ3) is 4.98. The Hall–Kier alpha value is -4.92. The molecule has 9 heteroatoms. The summed E-state index contributed by atoms with van der Waals surface area (Å²) < 4.78 is 13.8. The molecule has 0 radical (unpaired) electrons. The zero-order valence-electron chi connectivity index (χ0n) is 22.0. The van der Waals surface area contributed by atoms with Crippen molar-refractivity contribution >= 4 is 22.6 Å². The van der Waals surface area contributed by atoms with Crippen molar-refractivity contribution in [2.75, 3.05) is 14.2 Å². The van der Waals surface area contributed by atoms with Crippen molar-refractivity contribution in [3.63, 3.8) is 0 Å². The highest BCUT2D eigenvalue weighted by atomic mass is 16.5. The molecule has 5 aromatic rings. The molecule has 198 valence electrons. The normalized spacial score (nSPS) is 11.9. The molecule has 0 saturated carbocycles. The molecule has 3 aromatic heterocycles. The van der Waals surface area contributed by atoms with Crippen molar-refractivity contribution in [1.29, 1.82) is 5.41 Å². The Bertz CT molecular complexity index is 1790. The number of hydrogen-bond acceptors (Lipinski definition) is 6. The third-order valence-corrected chi connectivity index (χ3v) is 6.78. The maximum atomic E-state index is 13.5. The molecule has 2 aromatic carbocycles. The van der Waals surface area contributed by atoms with E-state index in [0.29, 0.717) is 35.8 Å². The fraction of sp³-hybridized carbons (Fsp3) is 0.200. The van der Waals surface area contributed by atoms with E-state index >= 15 is 0 Å². The Balaban J connectivity index is 1.60. The number of methoxy groups -OCH3 is 2. The largest absolute Gasteiger partial charge is 0.493 e. The molecule has 1 unspecified atom stereocenters. The summed E-state index contributed by atoms with van der Waals surface area (Å²) in [5, 5.41) is 12.2. The van der Waals surface area contributed by atoms with Crippen LogP contribution in [0.3, 0.4) is 0 Å². The molecule has 0 spiro atoms. The Kier molecular flexibility index (Phi) is 7.14. The summed E-state index contributed by atoms with van der Waals surface area (Å²) in [5.74, 6) is 0.782. The standard InChI is InChI=1S/C30H29N5O4/c1-19(21-9-5-4-6-10-21)32-29(36)22-18-23-28(33-26-11-7-8-15-34(26)30(23)37)35(27(22)31)16-14-20-12-13-24(38-2)25(17-20)39-3/h4-13,15,17-19,31H,14,16H2,1-3H3,(H,32,36). The molecule has 0 aliphatic rings. The number of carbonyl (C=O) groups is 1. The van der Waals surface area contributed by atoms with Gasteiger partial charge in [0.15, 0.2) is 11.5 Å². The number of aromatic nitrogens is 3. The van der Waals surface area contributed by atoms with E-state index < -0.39 is 5.91 Å². The minimum atomic E-state index is -0.435. The number of ether oxygens (including phenoxy) is 2. The average molecular weight is 524 g/mol. The second-order valence-electron chi connectivity index (χ2n) is 9.19. The van der Waals surface area contributed by atoms with Crippen LogP contribution in [-0.4, -0.2) is 34.1 Å². The topological polar surface area (TPSA) is 111 Å². The minimum Gasteiger partial charge on any atom is -0.493 e. The zero-order valence-corrected chi connectivity index (χ0v) is 22.0.